The number of nitrogens with zero attached hydrogens (tertiary/aromatic N) is 1. The minimum Gasteiger partial charge on any atom is -0.487 e. The fourth-order valence-corrected chi connectivity index (χ4v) is 5.82. The lowest BCUT2D eigenvalue weighted by atomic mass is 9.79. The Hall–Kier alpha value is -2.83. The first-order valence-electron chi connectivity index (χ1n) is 12.1. The quantitative estimate of drug-likeness (QED) is 0.706. The molecule has 1 saturated carbocycles. The third-order valence-corrected chi connectivity index (χ3v) is 7.86. The number of carboxylic acids is 1. The number of carbonyl (C=O) groups is 2. The summed E-state index contributed by atoms with van der Waals surface area (Å²) in [7, 11) is 0. The average Bonchev–Trinajstić information content (AvgIpc) is 2.81. The van der Waals surface area contributed by atoms with Gasteiger partial charge in [0, 0.05) is 24.5 Å². The van der Waals surface area contributed by atoms with Crippen molar-refractivity contribution in [3.8, 4) is 5.75 Å². The van der Waals surface area contributed by atoms with Crippen molar-refractivity contribution < 1.29 is 23.8 Å². The minimum absolute atomic E-state index is 0.0762. The number of hydrogen-bond donors (Lipinski definition) is 1. The topological polar surface area (TPSA) is 97.1 Å². The molecule has 2 fully saturated rings. The summed E-state index contributed by atoms with van der Waals surface area (Å²) >= 11 is 0. The number of amides is 1. The summed E-state index contributed by atoms with van der Waals surface area (Å²) in [6, 6.07) is 3.90. The van der Waals surface area contributed by atoms with Crippen molar-refractivity contribution in [1.29, 1.82) is 0 Å². The van der Waals surface area contributed by atoms with Gasteiger partial charge in [-0.1, -0.05) is 6.42 Å². The van der Waals surface area contributed by atoms with Crippen LogP contribution in [0.2, 0.25) is 0 Å². The van der Waals surface area contributed by atoms with E-state index in [1.165, 1.54) is 19.3 Å². The molecule has 1 saturated heterocycles. The Kier molecular flexibility index (Phi) is 5.67. The molecule has 2 aliphatic heterocycles. The number of aryl methyl sites for hydroxylation is 2. The first-order chi connectivity index (χ1) is 15.8. The SMILES string of the molecule is Cc1c(CC(=O)N2CCC[C@@H](C(=O)O)C2)c(=O)oc2cc3c(cc12)CCC1(CCCCC1)O3. The van der Waals surface area contributed by atoms with Crippen LogP contribution in [-0.4, -0.2) is 40.6 Å². The molecule has 1 N–H and O–H groups in total. The summed E-state index contributed by atoms with van der Waals surface area (Å²) in [6.07, 6.45) is 8.90. The molecule has 3 heterocycles. The molecule has 7 nitrogen and oxygen atoms in total. The molecule has 2 aromatic rings. The Balaban J connectivity index is 1.42. The zero-order valence-corrected chi connectivity index (χ0v) is 19.2. The fraction of sp³-hybridized carbons (Fsp3) is 0.577. The summed E-state index contributed by atoms with van der Waals surface area (Å²) in [4.78, 5) is 38.7. The number of ether oxygens (including phenoxy) is 1. The van der Waals surface area contributed by atoms with E-state index in [-0.39, 0.29) is 24.5 Å². The van der Waals surface area contributed by atoms with E-state index in [0.717, 1.165) is 47.9 Å². The molecule has 33 heavy (non-hydrogen) atoms. The molecular formula is C26H31NO6. The van der Waals surface area contributed by atoms with Crippen LogP contribution >= 0.6 is 0 Å². The summed E-state index contributed by atoms with van der Waals surface area (Å²) in [5.74, 6) is -0.835. The molecular weight excluding hydrogens is 422 g/mol. The average molecular weight is 454 g/mol. The van der Waals surface area contributed by atoms with Gasteiger partial charge in [0.1, 0.15) is 16.9 Å². The van der Waals surface area contributed by atoms with Crippen molar-refractivity contribution in [2.45, 2.75) is 76.7 Å². The van der Waals surface area contributed by atoms with Crippen LogP contribution in [0.15, 0.2) is 21.3 Å². The molecule has 0 bridgehead atoms. The van der Waals surface area contributed by atoms with Gasteiger partial charge in [-0.3, -0.25) is 9.59 Å². The Morgan fingerprint density at radius 2 is 1.94 bits per heavy atom. The molecule has 1 spiro atoms. The Labute approximate surface area is 192 Å². The number of benzene rings is 1. The van der Waals surface area contributed by atoms with Crippen molar-refractivity contribution in [2.75, 3.05) is 13.1 Å². The molecule has 3 aliphatic rings. The van der Waals surface area contributed by atoms with Crippen molar-refractivity contribution in [1.82, 2.24) is 4.90 Å². The van der Waals surface area contributed by atoms with Crippen molar-refractivity contribution in [3.63, 3.8) is 0 Å². The number of carboxylic acid groups (broad SMARTS) is 1. The van der Waals surface area contributed by atoms with Crippen molar-refractivity contribution in [3.05, 3.63) is 39.2 Å². The highest BCUT2D eigenvalue weighted by molar-refractivity contribution is 5.86. The zero-order valence-electron chi connectivity index (χ0n) is 19.2. The van der Waals surface area contributed by atoms with E-state index < -0.39 is 17.5 Å². The van der Waals surface area contributed by atoms with Crippen LogP contribution < -0.4 is 10.4 Å². The molecule has 7 heteroatoms. The maximum Gasteiger partial charge on any atom is 0.340 e. The molecule has 1 aromatic carbocycles. The highest BCUT2D eigenvalue weighted by Gasteiger charge is 2.38. The lowest BCUT2D eigenvalue weighted by Crippen LogP contribution is -2.43. The molecule has 1 atom stereocenters. The second-order valence-corrected chi connectivity index (χ2v) is 9.99. The van der Waals surface area contributed by atoms with Crippen LogP contribution in [-0.2, 0) is 22.4 Å². The van der Waals surface area contributed by atoms with Gasteiger partial charge in [-0.2, -0.15) is 0 Å². The molecule has 0 unspecified atom stereocenters. The summed E-state index contributed by atoms with van der Waals surface area (Å²) < 4.78 is 12.1. The second kappa shape index (κ2) is 8.50. The van der Waals surface area contributed by atoms with Gasteiger partial charge < -0.3 is 19.2 Å². The molecule has 0 radical (unpaired) electrons. The van der Waals surface area contributed by atoms with Gasteiger partial charge in [0.05, 0.1) is 17.9 Å². The largest absolute Gasteiger partial charge is 0.487 e. The Morgan fingerprint density at radius 1 is 1.15 bits per heavy atom. The van der Waals surface area contributed by atoms with Crippen LogP contribution in [0.4, 0.5) is 0 Å². The predicted octanol–water partition coefficient (Wildman–Crippen LogP) is 4.00. The van der Waals surface area contributed by atoms with Crippen LogP contribution in [0, 0.1) is 12.8 Å². The Bertz CT molecular complexity index is 1160. The Morgan fingerprint density at radius 3 is 2.70 bits per heavy atom. The van der Waals surface area contributed by atoms with Gasteiger partial charge in [0.15, 0.2) is 0 Å². The van der Waals surface area contributed by atoms with Gasteiger partial charge in [0.2, 0.25) is 5.91 Å². The maximum atomic E-state index is 12.9. The van der Waals surface area contributed by atoms with E-state index in [2.05, 4.69) is 0 Å². The first kappa shape index (κ1) is 22.0. The van der Waals surface area contributed by atoms with Crippen molar-refractivity contribution in [2.24, 2.45) is 5.92 Å². The minimum atomic E-state index is -0.879. The summed E-state index contributed by atoms with van der Waals surface area (Å²) in [5, 5.41) is 10.1. The summed E-state index contributed by atoms with van der Waals surface area (Å²) in [5.41, 5.74) is 2.12. The van der Waals surface area contributed by atoms with E-state index in [0.29, 0.717) is 30.5 Å². The molecule has 1 aliphatic carbocycles. The number of rotatable bonds is 3. The van der Waals surface area contributed by atoms with Gasteiger partial charge in [-0.15, -0.1) is 0 Å². The fourth-order valence-electron chi connectivity index (χ4n) is 5.82. The van der Waals surface area contributed by atoms with E-state index in [4.69, 9.17) is 9.15 Å². The lowest BCUT2D eigenvalue weighted by Gasteiger charge is -2.41. The van der Waals surface area contributed by atoms with E-state index in [1.807, 2.05) is 19.1 Å². The number of aliphatic carboxylic acids is 1. The first-order valence-corrected chi connectivity index (χ1v) is 12.1. The monoisotopic (exact) mass is 453 g/mol. The van der Waals surface area contributed by atoms with Gasteiger partial charge in [-0.25, -0.2) is 4.79 Å². The molecule has 5 rings (SSSR count). The van der Waals surface area contributed by atoms with Crippen LogP contribution in [0.1, 0.15) is 68.1 Å². The lowest BCUT2D eigenvalue weighted by molar-refractivity contribution is -0.145. The smallest absolute Gasteiger partial charge is 0.340 e. The molecule has 176 valence electrons. The molecule has 1 aromatic heterocycles. The molecule has 1 amide bonds. The predicted molar refractivity (Wildman–Crippen MR) is 123 cm³/mol. The van der Waals surface area contributed by atoms with Gasteiger partial charge >= 0.3 is 11.6 Å². The number of carbonyl (C=O) groups excluding carboxylic acids is 1. The van der Waals surface area contributed by atoms with Crippen LogP contribution in [0.3, 0.4) is 0 Å². The number of likely N-dealkylation sites (tertiary alicyclic amines) is 1. The second-order valence-electron chi connectivity index (χ2n) is 9.99. The normalized spacial score (nSPS) is 22.1. The van der Waals surface area contributed by atoms with E-state index in [1.54, 1.807) is 4.90 Å². The number of piperidine rings is 1. The van der Waals surface area contributed by atoms with Gasteiger partial charge in [-0.05, 0) is 75.5 Å². The van der Waals surface area contributed by atoms with Crippen molar-refractivity contribution >= 4 is 22.8 Å². The highest BCUT2D eigenvalue weighted by atomic mass is 16.5. The van der Waals surface area contributed by atoms with E-state index in [9.17, 15) is 19.5 Å². The van der Waals surface area contributed by atoms with E-state index >= 15 is 0 Å². The summed E-state index contributed by atoms with van der Waals surface area (Å²) in [6.45, 7) is 2.57. The van der Waals surface area contributed by atoms with Crippen LogP contribution in [0.25, 0.3) is 11.0 Å². The highest BCUT2D eigenvalue weighted by Crippen LogP contribution is 2.43. The van der Waals surface area contributed by atoms with Gasteiger partial charge in [0.25, 0.3) is 0 Å². The third-order valence-electron chi connectivity index (χ3n) is 7.86. The standard InChI is InChI=1S/C26H31NO6/c1-16-19-12-17-7-10-26(8-3-2-4-9-26)33-21(17)14-22(19)32-25(31)20(16)13-23(28)27-11-5-6-18(15-27)24(29)30/h12,14,18H,2-11,13,15H2,1H3,(H,29,30)/t18-/m1/s1. The zero-order chi connectivity index (χ0) is 23.2. The van der Waals surface area contributed by atoms with Crippen LogP contribution in [0.5, 0.6) is 5.75 Å². The maximum absolute atomic E-state index is 12.9. The number of hydrogen-bond acceptors (Lipinski definition) is 5. The third kappa shape index (κ3) is 4.13. The number of fused-ring (bicyclic) bond motifs is 2.